The Bertz CT molecular complexity index is 747. The van der Waals surface area contributed by atoms with E-state index in [1.165, 1.54) is 5.56 Å². The number of ether oxygens (including phenoxy) is 1. The molecule has 2 aromatic carbocycles. The lowest BCUT2D eigenvalue weighted by atomic mass is 10.0. The van der Waals surface area contributed by atoms with Gasteiger partial charge in [-0.25, -0.2) is 5.43 Å². The molecule has 4 nitrogen and oxygen atoms in total. The number of benzene rings is 2. The van der Waals surface area contributed by atoms with Gasteiger partial charge in [-0.15, -0.1) is 0 Å². The van der Waals surface area contributed by atoms with Crippen LogP contribution in [0.25, 0.3) is 0 Å². The average Bonchev–Trinajstić information content (AvgIpc) is 2.49. The molecular formula is C18H19BrN2O2. The third-order valence-corrected chi connectivity index (χ3v) is 4.13. The largest absolute Gasteiger partial charge is 0.496 e. The molecule has 0 atom stereocenters. The van der Waals surface area contributed by atoms with Crippen molar-refractivity contribution >= 4 is 28.1 Å². The van der Waals surface area contributed by atoms with Crippen LogP contribution in [0.5, 0.6) is 5.75 Å². The minimum atomic E-state index is -0.271. The molecule has 0 aliphatic heterocycles. The lowest BCUT2D eigenvalue weighted by Gasteiger charge is -2.07. The summed E-state index contributed by atoms with van der Waals surface area (Å²) in [6.07, 6.45) is 1.68. The van der Waals surface area contributed by atoms with Gasteiger partial charge in [0.15, 0.2) is 0 Å². The molecular weight excluding hydrogens is 356 g/mol. The quantitative estimate of drug-likeness (QED) is 0.645. The van der Waals surface area contributed by atoms with Crippen molar-refractivity contribution in [2.45, 2.75) is 20.8 Å². The summed E-state index contributed by atoms with van der Waals surface area (Å²) in [6.45, 7) is 6.12. The van der Waals surface area contributed by atoms with Gasteiger partial charge in [-0.05, 0) is 66.0 Å². The number of rotatable bonds is 4. The number of nitrogens with one attached hydrogen (secondary N) is 1. The molecule has 0 aliphatic carbocycles. The Morgan fingerprint density at radius 1 is 1.17 bits per heavy atom. The molecule has 5 heteroatoms. The second-order valence-corrected chi connectivity index (χ2v) is 6.22. The topological polar surface area (TPSA) is 50.7 Å². The van der Waals surface area contributed by atoms with Crippen LogP contribution in [0.3, 0.4) is 0 Å². The normalized spacial score (nSPS) is 10.8. The zero-order chi connectivity index (χ0) is 17.0. The van der Waals surface area contributed by atoms with E-state index in [1.807, 2.05) is 13.8 Å². The van der Waals surface area contributed by atoms with Gasteiger partial charge in [0.05, 0.1) is 17.8 Å². The summed E-state index contributed by atoms with van der Waals surface area (Å²) in [5.74, 6) is 0.406. The molecule has 2 aromatic rings. The number of carbonyl (C=O) groups excluding carboxylic acids is 1. The highest BCUT2D eigenvalue weighted by Gasteiger charge is 2.08. The fourth-order valence-electron chi connectivity index (χ4n) is 2.42. The number of hydrogen-bond donors (Lipinski definition) is 1. The number of hydrazone groups is 1. The first-order valence-electron chi connectivity index (χ1n) is 7.17. The summed E-state index contributed by atoms with van der Waals surface area (Å²) in [4.78, 5) is 12.1. The second-order valence-electron chi connectivity index (χ2n) is 5.36. The van der Waals surface area contributed by atoms with Crippen molar-refractivity contribution in [3.05, 3.63) is 62.6 Å². The molecule has 0 spiro atoms. The van der Waals surface area contributed by atoms with E-state index in [9.17, 15) is 4.79 Å². The molecule has 0 radical (unpaired) electrons. The van der Waals surface area contributed by atoms with Crippen LogP contribution in [0.4, 0.5) is 0 Å². The van der Waals surface area contributed by atoms with Gasteiger partial charge in [-0.1, -0.05) is 17.7 Å². The van der Waals surface area contributed by atoms with Crippen LogP contribution in [0.2, 0.25) is 0 Å². The smallest absolute Gasteiger partial charge is 0.271 e. The fourth-order valence-corrected chi connectivity index (χ4v) is 2.96. The van der Waals surface area contributed by atoms with Crippen molar-refractivity contribution in [3.8, 4) is 5.75 Å². The molecule has 1 N–H and O–H groups in total. The Labute approximate surface area is 144 Å². The van der Waals surface area contributed by atoms with Gasteiger partial charge in [0, 0.05) is 11.1 Å². The van der Waals surface area contributed by atoms with Crippen molar-refractivity contribution in [2.24, 2.45) is 5.10 Å². The Morgan fingerprint density at radius 3 is 2.39 bits per heavy atom. The first-order valence-corrected chi connectivity index (χ1v) is 7.96. The molecule has 0 aliphatic rings. The maximum Gasteiger partial charge on any atom is 0.271 e. The number of hydrogen-bond acceptors (Lipinski definition) is 3. The van der Waals surface area contributed by atoms with E-state index in [-0.39, 0.29) is 5.91 Å². The number of amides is 1. The van der Waals surface area contributed by atoms with Gasteiger partial charge < -0.3 is 4.74 Å². The molecule has 0 aromatic heterocycles. The predicted molar refractivity (Wildman–Crippen MR) is 96.4 cm³/mol. The van der Waals surface area contributed by atoms with Crippen LogP contribution in [-0.2, 0) is 0 Å². The lowest BCUT2D eigenvalue weighted by Crippen LogP contribution is -2.17. The summed E-state index contributed by atoms with van der Waals surface area (Å²) in [6, 6.07) is 9.31. The minimum absolute atomic E-state index is 0.271. The number of aryl methyl sites for hydroxylation is 3. The molecule has 0 unspecified atom stereocenters. The Kier molecular flexibility index (Phi) is 5.55. The maximum atomic E-state index is 12.1. The van der Waals surface area contributed by atoms with E-state index in [4.69, 9.17) is 4.74 Å². The van der Waals surface area contributed by atoms with Crippen LogP contribution in [0, 0.1) is 20.8 Å². The summed E-state index contributed by atoms with van der Waals surface area (Å²) < 4.78 is 5.87. The van der Waals surface area contributed by atoms with Crippen LogP contribution < -0.4 is 10.2 Å². The van der Waals surface area contributed by atoms with E-state index in [1.54, 1.807) is 31.5 Å². The molecule has 0 heterocycles. The van der Waals surface area contributed by atoms with Gasteiger partial charge in [-0.2, -0.15) is 5.10 Å². The molecule has 120 valence electrons. The SMILES string of the molecule is COc1ccc(C(=O)NN=Cc2c(C)cc(C)cc2C)cc1Br. The number of methoxy groups -OCH3 is 1. The third-order valence-electron chi connectivity index (χ3n) is 3.51. The molecule has 23 heavy (non-hydrogen) atoms. The van der Waals surface area contributed by atoms with E-state index >= 15 is 0 Å². The summed E-state index contributed by atoms with van der Waals surface area (Å²) in [7, 11) is 1.58. The zero-order valence-corrected chi connectivity index (χ0v) is 15.2. The van der Waals surface area contributed by atoms with Gasteiger partial charge in [0.2, 0.25) is 0 Å². The number of halogens is 1. The average molecular weight is 375 g/mol. The van der Waals surface area contributed by atoms with E-state index in [0.29, 0.717) is 11.3 Å². The molecule has 0 bridgehead atoms. The van der Waals surface area contributed by atoms with Crippen molar-refractivity contribution in [1.29, 1.82) is 0 Å². The third kappa shape index (κ3) is 4.20. The first-order chi connectivity index (χ1) is 10.9. The number of carbonyl (C=O) groups is 1. The van der Waals surface area contributed by atoms with E-state index < -0.39 is 0 Å². The monoisotopic (exact) mass is 374 g/mol. The second kappa shape index (κ2) is 7.42. The van der Waals surface area contributed by atoms with Crippen molar-refractivity contribution in [1.82, 2.24) is 5.43 Å². The summed E-state index contributed by atoms with van der Waals surface area (Å²) >= 11 is 3.36. The fraction of sp³-hybridized carbons (Fsp3) is 0.222. The predicted octanol–water partition coefficient (Wildman–Crippen LogP) is 4.15. The van der Waals surface area contributed by atoms with Gasteiger partial charge >= 0.3 is 0 Å². The number of nitrogens with zero attached hydrogens (tertiary/aromatic N) is 1. The first kappa shape index (κ1) is 17.2. The molecule has 0 fully saturated rings. The van der Waals surface area contributed by atoms with Crippen LogP contribution in [0.1, 0.15) is 32.6 Å². The van der Waals surface area contributed by atoms with Crippen molar-refractivity contribution < 1.29 is 9.53 Å². The van der Waals surface area contributed by atoms with Crippen molar-refractivity contribution in [2.75, 3.05) is 7.11 Å². The standard InChI is InChI=1S/C18H19BrN2O2/c1-11-7-12(2)15(13(3)8-11)10-20-21-18(22)14-5-6-17(23-4)16(19)9-14/h5-10H,1-4H3,(H,21,22). The maximum absolute atomic E-state index is 12.1. The van der Waals surface area contributed by atoms with Crippen molar-refractivity contribution in [3.63, 3.8) is 0 Å². The lowest BCUT2D eigenvalue weighted by molar-refractivity contribution is 0.0955. The highest BCUT2D eigenvalue weighted by molar-refractivity contribution is 9.10. The van der Waals surface area contributed by atoms with Crippen LogP contribution >= 0.6 is 15.9 Å². The zero-order valence-electron chi connectivity index (χ0n) is 13.6. The Balaban J connectivity index is 2.11. The van der Waals surface area contributed by atoms with Gasteiger partial charge in [0.25, 0.3) is 5.91 Å². The highest BCUT2D eigenvalue weighted by Crippen LogP contribution is 2.25. The molecule has 0 saturated carbocycles. The van der Waals surface area contributed by atoms with Gasteiger partial charge in [0.1, 0.15) is 5.75 Å². The Hall–Kier alpha value is -2.14. The summed E-state index contributed by atoms with van der Waals surface area (Å²) in [5.41, 5.74) is 7.55. The van der Waals surface area contributed by atoms with E-state index in [2.05, 4.69) is 45.5 Å². The molecule has 1 amide bonds. The van der Waals surface area contributed by atoms with Crippen LogP contribution in [0.15, 0.2) is 39.9 Å². The van der Waals surface area contributed by atoms with E-state index in [0.717, 1.165) is 21.2 Å². The minimum Gasteiger partial charge on any atom is -0.496 e. The molecule has 2 rings (SSSR count). The van der Waals surface area contributed by atoms with Gasteiger partial charge in [-0.3, -0.25) is 4.79 Å². The molecule has 0 saturated heterocycles. The Morgan fingerprint density at radius 2 is 1.83 bits per heavy atom. The van der Waals surface area contributed by atoms with Crippen LogP contribution in [-0.4, -0.2) is 19.2 Å². The summed E-state index contributed by atoms with van der Waals surface area (Å²) in [5, 5.41) is 4.07. The highest BCUT2D eigenvalue weighted by atomic mass is 79.9.